The molecule has 0 saturated carbocycles. The van der Waals surface area contributed by atoms with E-state index in [-0.39, 0.29) is 0 Å². The Kier molecular flexibility index (Phi) is 5.59. The first-order valence-electron chi connectivity index (χ1n) is 16.4. The van der Waals surface area contributed by atoms with Crippen molar-refractivity contribution in [3.63, 3.8) is 0 Å². The molecule has 0 bridgehead atoms. The van der Waals surface area contributed by atoms with E-state index in [1.165, 1.54) is 66.1 Å². The Bertz CT molecular complexity index is 2600. The number of para-hydroxylation sites is 2. The van der Waals surface area contributed by atoms with Crippen LogP contribution in [0.4, 0.5) is 17.1 Å². The first-order chi connectivity index (χ1) is 23.8. The zero-order valence-corrected chi connectivity index (χ0v) is 26.1. The molecule has 0 N–H and O–H groups in total. The molecule has 10 rings (SSSR count). The molecule has 2 aliphatic rings. The van der Waals surface area contributed by atoms with Crippen molar-refractivity contribution < 1.29 is 0 Å². The van der Waals surface area contributed by atoms with Gasteiger partial charge in [-0.2, -0.15) is 5.26 Å². The van der Waals surface area contributed by atoms with E-state index in [0.29, 0.717) is 5.56 Å². The molecule has 0 fully saturated rings. The molecule has 8 aromatic rings. The third kappa shape index (κ3) is 3.45. The van der Waals surface area contributed by atoms with Gasteiger partial charge in [-0.25, -0.2) is 0 Å². The molecule has 8 aromatic carbocycles. The van der Waals surface area contributed by atoms with Crippen molar-refractivity contribution in [1.29, 1.82) is 5.26 Å². The van der Waals surface area contributed by atoms with Gasteiger partial charge < -0.3 is 4.90 Å². The van der Waals surface area contributed by atoms with Crippen LogP contribution in [-0.4, -0.2) is 0 Å². The van der Waals surface area contributed by atoms with Crippen molar-refractivity contribution in [1.82, 2.24) is 0 Å². The van der Waals surface area contributed by atoms with Crippen LogP contribution in [0.15, 0.2) is 170 Å². The maximum atomic E-state index is 10.1. The van der Waals surface area contributed by atoms with Crippen LogP contribution in [0.1, 0.15) is 27.8 Å². The van der Waals surface area contributed by atoms with E-state index < -0.39 is 5.41 Å². The molecule has 0 heterocycles. The minimum absolute atomic E-state index is 0.449. The number of nitrogens with zero attached hydrogens (tertiary/aromatic N) is 2. The van der Waals surface area contributed by atoms with Gasteiger partial charge in [0.15, 0.2) is 0 Å². The lowest BCUT2D eigenvalue weighted by Crippen LogP contribution is -2.26. The van der Waals surface area contributed by atoms with Crippen LogP contribution in [0.25, 0.3) is 43.8 Å². The zero-order chi connectivity index (χ0) is 31.8. The van der Waals surface area contributed by atoms with E-state index in [1.807, 2.05) is 42.5 Å². The number of nitriles is 1. The molecule has 0 aromatic heterocycles. The lowest BCUT2D eigenvalue weighted by molar-refractivity contribution is 0.802. The second kappa shape index (κ2) is 10.0. The Labute approximate surface area is 279 Å². The minimum atomic E-state index is -0.449. The molecule has 2 aliphatic carbocycles. The fraction of sp³-hybridized carbons (Fsp3) is 0.0217. The molecular formula is C46H28N2. The van der Waals surface area contributed by atoms with E-state index >= 15 is 0 Å². The molecule has 2 heteroatoms. The lowest BCUT2D eigenvalue weighted by Gasteiger charge is -2.32. The highest BCUT2D eigenvalue weighted by Crippen LogP contribution is 2.65. The Morgan fingerprint density at radius 1 is 0.458 bits per heavy atom. The SMILES string of the molecule is N#Cc1ccccc1N(c1ccccc1)c1ccc2c3c(ccc2c1)-c1c(ccc2ccccc12)C31c2ccccc2-c2ccccc21. The maximum Gasteiger partial charge on any atom is 0.101 e. The van der Waals surface area contributed by atoms with Gasteiger partial charge in [0.2, 0.25) is 0 Å². The van der Waals surface area contributed by atoms with E-state index in [1.54, 1.807) is 0 Å². The zero-order valence-electron chi connectivity index (χ0n) is 26.1. The molecule has 0 amide bonds. The van der Waals surface area contributed by atoms with Gasteiger partial charge in [-0.15, -0.1) is 0 Å². The summed E-state index contributed by atoms with van der Waals surface area (Å²) in [5.74, 6) is 0. The predicted octanol–water partition coefficient (Wildman–Crippen LogP) is 11.7. The number of fused-ring (bicyclic) bond motifs is 14. The van der Waals surface area contributed by atoms with Crippen LogP contribution in [0, 0.1) is 11.3 Å². The predicted molar refractivity (Wildman–Crippen MR) is 197 cm³/mol. The highest BCUT2D eigenvalue weighted by Gasteiger charge is 2.52. The average Bonchev–Trinajstić information content (AvgIpc) is 3.63. The fourth-order valence-electron chi connectivity index (χ4n) is 8.64. The van der Waals surface area contributed by atoms with Crippen LogP contribution in [0.5, 0.6) is 0 Å². The highest BCUT2D eigenvalue weighted by molar-refractivity contribution is 6.11. The Hall–Kier alpha value is -6.43. The standard InChI is InChI=1S/C46H28N2/c47-29-32-13-5-11-21-43(32)48(33-14-2-1-3-15-33)34-24-26-36-31(28-34)22-25-39-44-35-16-6-4-12-30(35)23-27-42(44)46(45(36)39)40-19-9-7-17-37(40)38-18-8-10-20-41(38)46/h1-28H. The van der Waals surface area contributed by atoms with Crippen LogP contribution in [0.3, 0.4) is 0 Å². The van der Waals surface area contributed by atoms with Gasteiger partial charge in [0.1, 0.15) is 6.07 Å². The average molecular weight is 609 g/mol. The number of benzene rings is 8. The third-order valence-electron chi connectivity index (χ3n) is 10.5. The van der Waals surface area contributed by atoms with Gasteiger partial charge in [-0.1, -0.05) is 133 Å². The topological polar surface area (TPSA) is 27.0 Å². The summed E-state index contributed by atoms with van der Waals surface area (Å²) in [6.45, 7) is 0. The monoisotopic (exact) mass is 608 g/mol. The third-order valence-corrected chi connectivity index (χ3v) is 10.5. The maximum absolute atomic E-state index is 10.1. The molecule has 1 spiro atoms. The summed E-state index contributed by atoms with van der Waals surface area (Å²) in [6, 6.07) is 63.5. The summed E-state index contributed by atoms with van der Waals surface area (Å²) in [5, 5.41) is 15.0. The lowest BCUT2D eigenvalue weighted by atomic mass is 9.69. The molecule has 2 nitrogen and oxygen atoms in total. The molecule has 0 atom stereocenters. The molecule has 0 aliphatic heterocycles. The normalized spacial score (nSPS) is 13.1. The van der Waals surface area contributed by atoms with Gasteiger partial charge in [0, 0.05) is 11.4 Å². The van der Waals surface area contributed by atoms with Gasteiger partial charge in [0.05, 0.1) is 16.7 Å². The van der Waals surface area contributed by atoms with Crippen molar-refractivity contribution in [2.75, 3.05) is 4.90 Å². The van der Waals surface area contributed by atoms with Crippen LogP contribution >= 0.6 is 0 Å². The Balaban J connectivity index is 1.31. The number of hydrogen-bond acceptors (Lipinski definition) is 2. The first kappa shape index (κ1) is 26.8. The summed E-state index contributed by atoms with van der Waals surface area (Å²) in [5.41, 5.74) is 13.7. The van der Waals surface area contributed by atoms with Crippen molar-refractivity contribution in [2.24, 2.45) is 0 Å². The molecule has 0 unspecified atom stereocenters. The summed E-state index contributed by atoms with van der Waals surface area (Å²) >= 11 is 0. The minimum Gasteiger partial charge on any atom is -0.309 e. The summed E-state index contributed by atoms with van der Waals surface area (Å²) < 4.78 is 0. The van der Waals surface area contributed by atoms with Crippen molar-refractivity contribution in [2.45, 2.75) is 5.41 Å². The second-order valence-corrected chi connectivity index (χ2v) is 12.7. The quantitative estimate of drug-likeness (QED) is 0.199. The van der Waals surface area contributed by atoms with E-state index in [2.05, 4.69) is 138 Å². The van der Waals surface area contributed by atoms with Gasteiger partial charge in [0.25, 0.3) is 0 Å². The van der Waals surface area contributed by atoms with Crippen molar-refractivity contribution in [3.8, 4) is 28.3 Å². The largest absolute Gasteiger partial charge is 0.309 e. The molecule has 0 radical (unpaired) electrons. The number of hydrogen-bond donors (Lipinski definition) is 0. The Morgan fingerprint density at radius 3 is 1.92 bits per heavy atom. The van der Waals surface area contributed by atoms with Crippen LogP contribution in [-0.2, 0) is 5.41 Å². The van der Waals surface area contributed by atoms with Gasteiger partial charge >= 0.3 is 0 Å². The second-order valence-electron chi connectivity index (χ2n) is 12.7. The summed E-state index contributed by atoms with van der Waals surface area (Å²) in [7, 11) is 0. The van der Waals surface area contributed by atoms with Crippen LogP contribution in [0.2, 0.25) is 0 Å². The van der Waals surface area contributed by atoms with Crippen molar-refractivity contribution >= 4 is 38.6 Å². The van der Waals surface area contributed by atoms with Crippen molar-refractivity contribution in [3.05, 3.63) is 198 Å². The van der Waals surface area contributed by atoms with Gasteiger partial charge in [-0.05, 0) is 102 Å². The molecular weight excluding hydrogens is 581 g/mol. The van der Waals surface area contributed by atoms with E-state index in [0.717, 1.165) is 17.1 Å². The smallest absolute Gasteiger partial charge is 0.101 e. The summed E-state index contributed by atoms with van der Waals surface area (Å²) in [6.07, 6.45) is 0. The fourth-order valence-corrected chi connectivity index (χ4v) is 8.64. The first-order valence-corrected chi connectivity index (χ1v) is 16.4. The van der Waals surface area contributed by atoms with E-state index in [9.17, 15) is 5.26 Å². The molecule has 0 saturated heterocycles. The molecule has 48 heavy (non-hydrogen) atoms. The number of anilines is 3. The van der Waals surface area contributed by atoms with E-state index in [4.69, 9.17) is 0 Å². The molecule has 222 valence electrons. The number of rotatable bonds is 3. The Morgan fingerprint density at radius 2 is 1.12 bits per heavy atom. The van der Waals surface area contributed by atoms with Gasteiger partial charge in [-0.3, -0.25) is 0 Å². The van der Waals surface area contributed by atoms with Crippen LogP contribution < -0.4 is 4.90 Å². The highest BCUT2D eigenvalue weighted by atomic mass is 15.1. The summed E-state index contributed by atoms with van der Waals surface area (Å²) in [4.78, 5) is 2.20.